The van der Waals surface area contributed by atoms with Crippen molar-refractivity contribution in [1.29, 1.82) is 0 Å². The lowest BCUT2D eigenvalue weighted by atomic mass is 10.3. The minimum atomic E-state index is 0.0546. The van der Waals surface area contributed by atoms with Crippen LogP contribution in [0.2, 0.25) is 0 Å². The molecule has 1 aromatic rings. The number of nitrogens with one attached hydrogen (secondary N) is 2. The quantitative estimate of drug-likeness (QED) is 0.848. The Morgan fingerprint density at radius 1 is 1.47 bits per heavy atom. The van der Waals surface area contributed by atoms with Gasteiger partial charge in [-0.25, -0.2) is 0 Å². The van der Waals surface area contributed by atoms with E-state index in [4.69, 9.17) is 4.74 Å². The molecule has 5 heteroatoms. The minimum Gasteiger partial charge on any atom is -0.497 e. The number of halogens is 1. The first-order valence-electron chi connectivity index (χ1n) is 5.51. The zero-order valence-corrected chi connectivity index (χ0v) is 11.6. The maximum Gasteiger partial charge on any atom is 0.221 e. The maximum atomic E-state index is 11.3. The molecule has 17 heavy (non-hydrogen) atoms. The summed E-state index contributed by atoms with van der Waals surface area (Å²) in [6.07, 6.45) is 0.456. The first-order chi connectivity index (χ1) is 8.17. The molecule has 0 aliphatic carbocycles. The predicted octanol–water partition coefficient (Wildman–Crippen LogP) is 2.40. The number of rotatable bonds is 6. The van der Waals surface area contributed by atoms with E-state index < -0.39 is 0 Å². The summed E-state index contributed by atoms with van der Waals surface area (Å²) in [6, 6.07) is 5.67. The van der Waals surface area contributed by atoms with Crippen molar-refractivity contribution in [2.24, 2.45) is 0 Å². The lowest BCUT2D eigenvalue weighted by Crippen LogP contribution is -2.24. The SMILES string of the molecule is CCNC(=O)CCNc1cc(OC)ccc1Br. The second-order valence-electron chi connectivity index (χ2n) is 3.48. The van der Waals surface area contributed by atoms with Crippen molar-refractivity contribution < 1.29 is 9.53 Å². The molecule has 0 saturated carbocycles. The summed E-state index contributed by atoms with van der Waals surface area (Å²) in [7, 11) is 1.63. The minimum absolute atomic E-state index is 0.0546. The van der Waals surface area contributed by atoms with Gasteiger partial charge >= 0.3 is 0 Å². The van der Waals surface area contributed by atoms with Gasteiger partial charge < -0.3 is 15.4 Å². The van der Waals surface area contributed by atoms with Crippen LogP contribution in [0, 0.1) is 0 Å². The van der Waals surface area contributed by atoms with E-state index in [1.807, 2.05) is 25.1 Å². The molecule has 94 valence electrons. The Balaban J connectivity index is 2.48. The fraction of sp³-hybridized carbons (Fsp3) is 0.417. The average molecular weight is 301 g/mol. The van der Waals surface area contributed by atoms with Crippen molar-refractivity contribution in [2.75, 3.05) is 25.5 Å². The summed E-state index contributed by atoms with van der Waals surface area (Å²) in [4.78, 5) is 11.3. The van der Waals surface area contributed by atoms with Gasteiger partial charge in [-0.15, -0.1) is 0 Å². The van der Waals surface area contributed by atoms with Crippen molar-refractivity contribution in [3.63, 3.8) is 0 Å². The number of benzene rings is 1. The fourth-order valence-corrected chi connectivity index (χ4v) is 1.75. The molecule has 0 atom stereocenters. The van der Waals surface area contributed by atoms with Crippen LogP contribution in [0.25, 0.3) is 0 Å². The van der Waals surface area contributed by atoms with Gasteiger partial charge in [-0.05, 0) is 35.0 Å². The smallest absolute Gasteiger partial charge is 0.221 e. The summed E-state index contributed by atoms with van der Waals surface area (Å²) >= 11 is 3.44. The van der Waals surface area contributed by atoms with E-state index >= 15 is 0 Å². The van der Waals surface area contributed by atoms with Gasteiger partial charge in [-0.2, -0.15) is 0 Å². The van der Waals surface area contributed by atoms with Gasteiger partial charge in [0, 0.05) is 30.0 Å². The molecule has 0 bridgehead atoms. The van der Waals surface area contributed by atoms with E-state index in [1.54, 1.807) is 7.11 Å². The molecule has 4 nitrogen and oxygen atoms in total. The lowest BCUT2D eigenvalue weighted by molar-refractivity contribution is -0.120. The van der Waals surface area contributed by atoms with E-state index in [0.29, 0.717) is 19.5 Å². The Hall–Kier alpha value is -1.23. The molecule has 0 saturated heterocycles. The molecule has 2 N–H and O–H groups in total. The Kier molecular flexibility index (Phi) is 5.83. The number of hydrogen-bond donors (Lipinski definition) is 2. The number of amides is 1. The number of carbonyl (C=O) groups excluding carboxylic acids is 1. The zero-order chi connectivity index (χ0) is 12.7. The van der Waals surface area contributed by atoms with E-state index in [9.17, 15) is 4.79 Å². The molecule has 1 amide bonds. The molecular formula is C12H17BrN2O2. The molecule has 0 aromatic heterocycles. The largest absolute Gasteiger partial charge is 0.497 e. The lowest BCUT2D eigenvalue weighted by Gasteiger charge is -2.10. The van der Waals surface area contributed by atoms with E-state index in [1.165, 1.54) is 0 Å². The summed E-state index contributed by atoms with van der Waals surface area (Å²) in [5.74, 6) is 0.840. The maximum absolute atomic E-state index is 11.3. The highest BCUT2D eigenvalue weighted by Gasteiger charge is 2.03. The van der Waals surface area contributed by atoms with Crippen molar-refractivity contribution in [3.8, 4) is 5.75 Å². The third-order valence-corrected chi connectivity index (χ3v) is 2.91. The van der Waals surface area contributed by atoms with Crippen molar-refractivity contribution >= 4 is 27.5 Å². The van der Waals surface area contributed by atoms with Gasteiger partial charge in [0.2, 0.25) is 5.91 Å². The summed E-state index contributed by atoms with van der Waals surface area (Å²) in [5.41, 5.74) is 0.925. The fourth-order valence-electron chi connectivity index (χ4n) is 1.36. The highest BCUT2D eigenvalue weighted by atomic mass is 79.9. The van der Waals surface area contributed by atoms with Crippen molar-refractivity contribution in [3.05, 3.63) is 22.7 Å². The van der Waals surface area contributed by atoms with Crippen LogP contribution in [-0.2, 0) is 4.79 Å². The van der Waals surface area contributed by atoms with Crippen LogP contribution in [-0.4, -0.2) is 26.1 Å². The molecule has 0 fully saturated rings. The topological polar surface area (TPSA) is 50.4 Å². The highest BCUT2D eigenvalue weighted by molar-refractivity contribution is 9.10. The van der Waals surface area contributed by atoms with Gasteiger partial charge in [0.25, 0.3) is 0 Å². The van der Waals surface area contributed by atoms with Crippen molar-refractivity contribution in [2.45, 2.75) is 13.3 Å². The Labute approximate surface area is 110 Å². The predicted molar refractivity (Wildman–Crippen MR) is 72.5 cm³/mol. The van der Waals surface area contributed by atoms with E-state index in [0.717, 1.165) is 15.9 Å². The molecular weight excluding hydrogens is 284 g/mol. The zero-order valence-electron chi connectivity index (χ0n) is 10.0. The molecule has 0 radical (unpaired) electrons. The Morgan fingerprint density at radius 2 is 2.24 bits per heavy atom. The Bertz CT molecular complexity index is 383. The molecule has 0 heterocycles. The van der Waals surface area contributed by atoms with Crippen LogP contribution in [0.15, 0.2) is 22.7 Å². The Morgan fingerprint density at radius 3 is 2.88 bits per heavy atom. The number of anilines is 1. The monoisotopic (exact) mass is 300 g/mol. The average Bonchev–Trinajstić information content (AvgIpc) is 2.32. The van der Waals surface area contributed by atoms with Gasteiger partial charge in [0.1, 0.15) is 5.75 Å². The molecule has 1 rings (SSSR count). The van der Waals surface area contributed by atoms with Crippen LogP contribution in [0.4, 0.5) is 5.69 Å². The number of methoxy groups -OCH3 is 1. The van der Waals surface area contributed by atoms with E-state index in [-0.39, 0.29) is 5.91 Å². The van der Waals surface area contributed by atoms with Crippen LogP contribution >= 0.6 is 15.9 Å². The van der Waals surface area contributed by atoms with Crippen LogP contribution in [0.3, 0.4) is 0 Å². The highest BCUT2D eigenvalue weighted by Crippen LogP contribution is 2.26. The molecule has 1 aromatic carbocycles. The summed E-state index contributed by atoms with van der Waals surface area (Å²) in [5, 5.41) is 5.94. The van der Waals surface area contributed by atoms with Gasteiger partial charge in [0.15, 0.2) is 0 Å². The van der Waals surface area contributed by atoms with Crippen LogP contribution in [0.5, 0.6) is 5.75 Å². The number of carbonyl (C=O) groups is 1. The normalized spacial score (nSPS) is 9.82. The van der Waals surface area contributed by atoms with Gasteiger partial charge in [0.05, 0.1) is 12.8 Å². The second kappa shape index (κ2) is 7.17. The number of hydrogen-bond acceptors (Lipinski definition) is 3. The third kappa shape index (κ3) is 4.65. The van der Waals surface area contributed by atoms with Crippen molar-refractivity contribution in [1.82, 2.24) is 5.32 Å². The first-order valence-corrected chi connectivity index (χ1v) is 6.30. The molecule has 0 spiro atoms. The van der Waals surface area contributed by atoms with Crippen LogP contribution in [0.1, 0.15) is 13.3 Å². The first kappa shape index (κ1) is 13.8. The summed E-state index contributed by atoms with van der Waals surface area (Å²) in [6.45, 7) is 3.17. The third-order valence-electron chi connectivity index (χ3n) is 2.21. The second-order valence-corrected chi connectivity index (χ2v) is 4.33. The number of ether oxygens (including phenoxy) is 1. The molecule has 0 aliphatic heterocycles. The van der Waals surface area contributed by atoms with E-state index in [2.05, 4.69) is 26.6 Å². The van der Waals surface area contributed by atoms with Gasteiger partial charge in [-0.1, -0.05) is 0 Å². The summed E-state index contributed by atoms with van der Waals surface area (Å²) < 4.78 is 6.09. The standard InChI is InChI=1S/C12H17BrN2O2/c1-3-14-12(16)6-7-15-11-8-9(17-2)4-5-10(11)13/h4-5,8,15H,3,6-7H2,1-2H3,(H,14,16). The van der Waals surface area contributed by atoms with Gasteiger partial charge in [-0.3, -0.25) is 4.79 Å². The molecule has 0 unspecified atom stereocenters. The van der Waals surface area contributed by atoms with Crippen LogP contribution < -0.4 is 15.4 Å². The molecule has 0 aliphatic rings.